The number of benzene rings is 1. The van der Waals surface area contributed by atoms with Gasteiger partial charge in [0, 0.05) is 36.8 Å². The standard InChI is InChI=1S/C17H18N6O2/c1-25-13-4-2-11(3-5-13)14-9-22(10-15(14)18)17(24)12-6-7-23-16(8-12)19-20-21-23/h2-8,14-15H,9-10,18H2,1H3/t14-,15+/m1/s1. The van der Waals surface area contributed by atoms with Crippen molar-refractivity contribution in [3.8, 4) is 5.75 Å². The van der Waals surface area contributed by atoms with Gasteiger partial charge in [0.2, 0.25) is 0 Å². The largest absolute Gasteiger partial charge is 0.497 e. The van der Waals surface area contributed by atoms with Gasteiger partial charge in [-0.3, -0.25) is 4.79 Å². The van der Waals surface area contributed by atoms with Crippen molar-refractivity contribution in [2.24, 2.45) is 5.73 Å². The summed E-state index contributed by atoms with van der Waals surface area (Å²) in [6.45, 7) is 1.11. The maximum Gasteiger partial charge on any atom is 0.254 e. The third-order valence-electron chi connectivity index (χ3n) is 4.64. The third kappa shape index (κ3) is 2.80. The van der Waals surface area contributed by atoms with Crippen LogP contribution in [0.3, 0.4) is 0 Å². The van der Waals surface area contributed by atoms with E-state index in [1.807, 2.05) is 24.3 Å². The van der Waals surface area contributed by atoms with Crippen LogP contribution >= 0.6 is 0 Å². The van der Waals surface area contributed by atoms with Gasteiger partial charge in [0.1, 0.15) is 5.75 Å². The molecule has 0 bridgehead atoms. The molecule has 1 saturated heterocycles. The maximum atomic E-state index is 12.8. The lowest BCUT2D eigenvalue weighted by molar-refractivity contribution is 0.0789. The summed E-state index contributed by atoms with van der Waals surface area (Å²) in [5.74, 6) is 0.851. The fourth-order valence-corrected chi connectivity index (χ4v) is 3.25. The number of tetrazole rings is 1. The van der Waals surface area contributed by atoms with E-state index < -0.39 is 0 Å². The number of methoxy groups -OCH3 is 1. The molecule has 0 unspecified atom stereocenters. The molecule has 1 amide bonds. The molecule has 1 aromatic carbocycles. The number of rotatable bonds is 3. The second-order valence-electron chi connectivity index (χ2n) is 6.15. The van der Waals surface area contributed by atoms with Crippen LogP contribution in [0.2, 0.25) is 0 Å². The van der Waals surface area contributed by atoms with Crippen molar-refractivity contribution >= 4 is 11.6 Å². The molecule has 1 aliphatic rings. The molecule has 1 aliphatic heterocycles. The molecule has 2 atom stereocenters. The topological polar surface area (TPSA) is 98.6 Å². The highest BCUT2D eigenvalue weighted by molar-refractivity contribution is 5.95. The predicted octanol–water partition coefficient (Wildman–Crippen LogP) is 0.700. The molecule has 0 spiro atoms. The minimum absolute atomic E-state index is 0.0584. The molecular formula is C17H18N6O2. The number of hydrogen-bond acceptors (Lipinski definition) is 6. The van der Waals surface area contributed by atoms with Gasteiger partial charge >= 0.3 is 0 Å². The van der Waals surface area contributed by atoms with Crippen LogP contribution in [0.5, 0.6) is 5.75 Å². The highest BCUT2D eigenvalue weighted by Gasteiger charge is 2.34. The zero-order chi connectivity index (χ0) is 17.4. The first-order valence-corrected chi connectivity index (χ1v) is 8.02. The zero-order valence-electron chi connectivity index (χ0n) is 13.7. The molecule has 8 heteroatoms. The normalized spacial score (nSPS) is 20.2. The van der Waals surface area contributed by atoms with E-state index in [0.29, 0.717) is 24.3 Å². The Bertz CT molecular complexity index is 907. The van der Waals surface area contributed by atoms with E-state index in [4.69, 9.17) is 10.5 Å². The van der Waals surface area contributed by atoms with Gasteiger partial charge < -0.3 is 15.4 Å². The summed E-state index contributed by atoms with van der Waals surface area (Å²) in [7, 11) is 1.64. The first-order chi connectivity index (χ1) is 12.2. The molecule has 3 heterocycles. The van der Waals surface area contributed by atoms with Crippen molar-refractivity contribution in [3.63, 3.8) is 0 Å². The number of aromatic nitrogens is 4. The Balaban J connectivity index is 1.54. The fraction of sp³-hybridized carbons (Fsp3) is 0.294. The fourth-order valence-electron chi connectivity index (χ4n) is 3.25. The molecule has 128 valence electrons. The van der Waals surface area contributed by atoms with Crippen LogP contribution in [-0.2, 0) is 0 Å². The molecule has 25 heavy (non-hydrogen) atoms. The molecule has 1 fully saturated rings. The van der Waals surface area contributed by atoms with Crippen LogP contribution in [-0.4, -0.2) is 57.1 Å². The molecule has 3 aromatic rings. The van der Waals surface area contributed by atoms with Crippen LogP contribution in [0.4, 0.5) is 0 Å². The van der Waals surface area contributed by atoms with Crippen molar-refractivity contribution in [1.29, 1.82) is 0 Å². The summed E-state index contributed by atoms with van der Waals surface area (Å²) in [5.41, 5.74) is 8.51. The molecule has 0 saturated carbocycles. The summed E-state index contributed by atoms with van der Waals surface area (Å²) in [6.07, 6.45) is 1.68. The smallest absolute Gasteiger partial charge is 0.254 e. The van der Waals surface area contributed by atoms with Gasteiger partial charge in [-0.2, -0.15) is 0 Å². The van der Waals surface area contributed by atoms with Crippen LogP contribution in [0, 0.1) is 0 Å². The highest BCUT2D eigenvalue weighted by Crippen LogP contribution is 2.28. The molecule has 2 N–H and O–H groups in total. The summed E-state index contributed by atoms with van der Waals surface area (Å²) < 4.78 is 6.71. The zero-order valence-corrected chi connectivity index (χ0v) is 13.7. The van der Waals surface area contributed by atoms with Gasteiger partial charge in [-0.1, -0.05) is 12.1 Å². The Hall–Kier alpha value is -3.00. The van der Waals surface area contributed by atoms with Crippen LogP contribution in [0.25, 0.3) is 5.65 Å². The van der Waals surface area contributed by atoms with Gasteiger partial charge in [-0.25, -0.2) is 4.52 Å². The Kier molecular flexibility index (Phi) is 3.81. The minimum Gasteiger partial charge on any atom is -0.497 e. The average Bonchev–Trinajstić information content (AvgIpc) is 3.27. The van der Waals surface area contributed by atoms with Crippen molar-refractivity contribution in [1.82, 2.24) is 24.9 Å². The number of hydrogen-bond donors (Lipinski definition) is 1. The monoisotopic (exact) mass is 338 g/mol. The predicted molar refractivity (Wildman–Crippen MR) is 90.4 cm³/mol. The Morgan fingerprint density at radius 2 is 2.04 bits per heavy atom. The highest BCUT2D eigenvalue weighted by atomic mass is 16.5. The van der Waals surface area contributed by atoms with E-state index in [9.17, 15) is 4.79 Å². The minimum atomic E-state index is -0.101. The summed E-state index contributed by atoms with van der Waals surface area (Å²) in [4.78, 5) is 14.6. The Morgan fingerprint density at radius 1 is 1.24 bits per heavy atom. The molecular weight excluding hydrogens is 320 g/mol. The number of carbonyl (C=O) groups excluding carboxylic acids is 1. The number of nitrogens with zero attached hydrogens (tertiary/aromatic N) is 5. The van der Waals surface area contributed by atoms with E-state index in [0.717, 1.165) is 11.3 Å². The second-order valence-corrected chi connectivity index (χ2v) is 6.15. The average molecular weight is 338 g/mol. The van der Waals surface area contributed by atoms with E-state index in [2.05, 4.69) is 15.5 Å². The Labute approximate surface area is 144 Å². The van der Waals surface area contributed by atoms with Crippen molar-refractivity contribution in [2.75, 3.05) is 20.2 Å². The van der Waals surface area contributed by atoms with Crippen LogP contribution in [0.1, 0.15) is 21.8 Å². The van der Waals surface area contributed by atoms with Crippen LogP contribution in [0.15, 0.2) is 42.6 Å². The lowest BCUT2D eigenvalue weighted by Crippen LogP contribution is -2.32. The molecule has 8 nitrogen and oxygen atoms in total. The number of carbonyl (C=O) groups is 1. The number of fused-ring (bicyclic) bond motifs is 1. The number of likely N-dealkylation sites (tertiary alicyclic amines) is 1. The van der Waals surface area contributed by atoms with E-state index >= 15 is 0 Å². The summed E-state index contributed by atoms with van der Waals surface area (Å²) in [6, 6.07) is 11.1. The van der Waals surface area contributed by atoms with Gasteiger partial charge in [0.15, 0.2) is 5.65 Å². The van der Waals surface area contributed by atoms with E-state index in [1.165, 1.54) is 4.52 Å². The quantitative estimate of drug-likeness (QED) is 0.755. The molecule has 2 aromatic heterocycles. The van der Waals surface area contributed by atoms with Crippen LogP contribution < -0.4 is 10.5 Å². The third-order valence-corrected chi connectivity index (χ3v) is 4.64. The summed E-state index contributed by atoms with van der Waals surface area (Å²) in [5, 5.41) is 11.3. The van der Waals surface area contributed by atoms with Crippen molar-refractivity contribution in [2.45, 2.75) is 12.0 Å². The lowest BCUT2D eigenvalue weighted by Gasteiger charge is -2.16. The van der Waals surface area contributed by atoms with Crippen molar-refractivity contribution < 1.29 is 9.53 Å². The van der Waals surface area contributed by atoms with Crippen molar-refractivity contribution in [3.05, 3.63) is 53.7 Å². The van der Waals surface area contributed by atoms with Gasteiger partial charge in [-0.15, -0.1) is 5.10 Å². The van der Waals surface area contributed by atoms with E-state index in [-0.39, 0.29) is 17.9 Å². The molecule has 0 radical (unpaired) electrons. The van der Waals surface area contributed by atoms with Gasteiger partial charge in [-0.05, 0) is 40.3 Å². The summed E-state index contributed by atoms with van der Waals surface area (Å²) >= 11 is 0. The molecule has 4 rings (SSSR count). The van der Waals surface area contributed by atoms with Gasteiger partial charge in [0.25, 0.3) is 5.91 Å². The number of amides is 1. The second kappa shape index (κ2) is 6.14. The number of nitrogens with two attached hydrogens (primary N) is 1. The number of ether oxygens (including phenoxy) is 1. The van der Waals surface area contributed by atoms with E-state index in [1.54, 1.807) is 30.3 Å². The first kappa shape index (κ1) is 15.5. The van der Waals surface area contributed by atoms with Gasteiger partial charge in [0.05, 0.1) is 7.11 Å². The number of pyridine rings is 1. The maximum absolute atomic E-state index is 12.8. The first-order valence-electron chi connectivity index (χ1n) is 8.02. The Morgan fingerprint density at radius 3 is 2.80 bits per heavy atom. The molecule has 0 aliphatic carbocycles. The SMILES string of the molecule is COc1ccc([C@H]2CN(C(=O)c3ccn4nnnc4c3)C[C@@H]2N)cc1. The lowest BCUT2D eigenvalue weighted by atomic mass is 9.95.